The largest absolute Gasteiger partial charge is 0.416 e. The van der Waals surface area contributed by atoms with Crippen LogP contribution >= 0.6 is 0 Å². The average molecular weight is 538 g/mol. The van der Waals surface area contributed by atoms with Gasteiger partial charge in [0.1, 0.15) is 0 Å². The standard InChI is InChI=1S/C28H22F3N7O/c1-17-5-6-19(10-25(17)37-27-33-9-7-24(36-27)20-4-3-8-32-14-20)26(39)35-22-11-21(28(29,30)31)12-23(13-22)38-15-18(2)34-16-38/h3-16H,1-2H3,(H,35,39)(H,33,36,37)/i1D3,2D3,7D,9D. The highest BCUT2D eigenvalue weighted by molar-refractivity contribution is 6.05. The van der Waals surface area contributed by atoms with Gasteiger partial charge < -0.3 is 15.2 Å². The molecule has 196 valence electrons. The molecule has 39 heavy (non-hydrogen) atoms. The number of rotatable bonds is 6. The summed E-state index contributed by atoms with van der Waals surface area (Å²) in [4.78, 5) is 29.2. The Kier molecular flexibility index (Phi) is 4.64. The van der Waals surface area contributed by atoms with Gasteiger partial charge in [-0.25, -0.2) is 15.0 Å². The van der Waals surface area contributed by atoms with Gasteiger partial charge in [0.05, 0.1) is 26.0 Å². The van der Waals surface area contributed by atoms with E-state index in [4.69, 9.17) is 11.0 Å². The van der Waals surface area contributed by atoms with E-state index < -0.39 is 37.5 Å². The molecule has 0 radical (unpaired) electrons. The van der Waals surface area contributed by atoms with Gasteiger partial charge in [0.15, 0.2) is 0 Å². The van der Waals surface area contributed by atoms with Crippen molar-refractivity contribution in [1.29, 1.82) is 0 Å². The van der Waals surface area contributed by atoms with Crippen molar-refractivity contribution < 1.29 is 28.9 Å². The fraction of sp³-hybridized carbons (Fsp3) is 0.107. The van der Waals surface area contributed by atoms with Gasteiger partial charge in [0.25, 0.3) is 5.91 Å². The molecule has 0 aliphatic rings. The molecule has 0 spiro atoms. The smallest absolute Gasteiger partial charge is 0.324 e. The van der Waals surface area contributed by atoms with Gasteiger partial charge in [0.2, 0.25) is 5.95 Å². The molecule has 0 unspecified atom stereocenters. The molecule has 0 atom stereocenters. The SMILES string of the molecule is [2H]c1nc(Nc2cc(C(=O)Nc3cc(-n4cnc(C([2H])([2H])[2H])c4)cc(C(F)(F)F)c3)ccc2C([2H])([2H])[2H])nc(-c2cccnc2)c1[2H]. The number of aromatic nitrogens is 5. The molecule has 0 aliphatic heterocycles. The Morgan fingerprint density at radius 2 is 2.00 bits per heavy atom. The molecule has 0 saturated heterocycles. The molecular formula is C28H22F3N7O. The second kappa shape index (κ2) is 10.4. The number of halogens is 3. The van der Waals surface area contributed by atoms with Gasteiger partial charge in [-0.05, 0) is 67.8 Å². The minimum atomic E-state index is -4.83. The molecule has 1 amide bonds. The monoisotopic (exact) mass is 537 g/mol. The van der Waals surface area contributed by atoms with E-state index in [2.05, 4.69) is 30.6 Å². The highest BCUT2D eigenvalue weighted by Crippen LogP contribution is 2.33. The number of nitrogens with one attached hydrogen (secondary N) is 2. The Morgan fingerprint density at radius 3 is 2.74 bits per heavy atom. The van der Waals surface area contributed by atoms with Crippen molar-refractivity contribution in [1.82, 2.24) is 24.5 Å². The zero-order valence-electron chi connectivity index (χ0n) is 27.7. The van der Waals surface area contributed by atoms with Gasteiger partial charge in [-0.3, -0.25) is 9.78 Å². The number of aryl methyl sites for hydroxylation is 2. The fourth-order valence-electron chi connectivity index (χ4n) is 3.56. The zero-order chi connectivity index (χ0) is 34.3. The van der Waals surface area contributed by atoms with Crippen LogP contribution in [0.1, 0.15) is 38.1 Å². The van der Waals surface area contributed by atoms with Crippen molar-refractivity contribution in [3.63, 3.8) is 0 Å². The number of hydrogen-bond donors (Lipinski definition) is 2. The maximum atomic E-state index is 13.8. The summed E-state index contributed by atoms with van der Waals surface area (Å²) in [5, 5.41) is 5.07. The Balaban J connectivity index is 1.51. The van der Waals surface area contributed by atoms with E-state index in [-0.39, 0.29) is 51.6 Å². The first kappa shape index (κ1) is 17.4. The quantitative estimate of drug-likeness (QED) is 0.262. The van der Waals surface area contributed by atoms with E-state index in [1.807, 2.05) is 0 Å². The van der Waals surface area contributed by atoms with Crippen molar-refractivity contribution in [3.05, 3.63) is 108 Å². The molecule has 0 bridgehead atoms. The molecule has 0 fully saturated rings. The lowest BCUT2D eigenvalue weighted by atomic mass is 10.1. The third-order valence-corrected chi connectivity index (χ3v) is 5.40. The topological polar surface area (TPSA) is 97.6 Å². The van der Waals surface area contributed by atoms with Crippen molar-refractivity contribution in [2.24, 2.45) is 0 Å². The minimum absolute atomic E-state index is 0.0363. The van der Waals surface area contributed by atoms with E-state index in [0.717, 1.165) is 35.3 Å². The lowest BCUT2D eigenvalue weighted by Gasteiger charge is -2.14. The Labute approximate surface area is 232 Å². The molecule has 0 saturated carbocycles. The predicted octanol–water partition coefficient (Wildman–Crippen LogP) is 6.36. The summed E-state index contributed by atoms with van der Waals surface area (Å²) >= 11 is 0. The van der Waals surface area contributed by atoms with Gasteiger partial charge in [-0.1, -0.05) is 6.07 Å². The Morgan fingerprint density at radius 1 is 1.10 bits per heavy atom. The van der Waals surface area contributed by atoms with Crippen LogP contribution in [-0.2, 0) is 6.18 Å². The number of anilines is 3. The van der Waals surface area contributed by atoms with Gasteiger partial charge in [-0.2, -0.15) is 13.2 Å². The number of nitrogens with zero attached hydrogens (tertiary/aromatic N) is 5. The second-order valence-corrected chi connectivity index (χ2v) is 8.15. The molecule has 2 N–H and O–H groups in total. The lowest BCUT2D eigenvalue weighted by molar-refractivity contribution is -0.137. The summed E-state index contributed by atoms with van der Waals surface area (Å²) in [7, 11) is 0. The van der Waals surface area contributed by atoms with Crippen LogP contribution in [0.2, 0.25) is 0 Å². The second-order valence-electron chi connectivity index (χ2n) is 8.15. The maximum absolute atomic E-state index is 13.8. The number of alkyl halides is 3. The summed E-state index contributed by atoms with van der Waals surface area (Å²) in [5.41, 5.74) is -2.07. The summed E-state index contributed by atoms with van der Waals surface area (Å²) in [6.07, 6.45) is -0.303. The highest BCUT2D eigenvalue weighted by atomic mass is 19.4. The number of carbonyl (C=O) groups is 1. The number of amides is 1. The molecule has 3 heterocycles. The Bertz CT molecular complexity index is 1960. The molecule has 3 aromatic heterocycles. The average Bonchev–Trinajstić information content (AvgIpc) is 3.50. The molecular weight excluding hydrogens is 507 g/mol. The predicted molar refractivity (Wildman–Crippen MR) is 141 cm³/mol. The highest BCUT2D eigenvalue weighted by Gasteiger charge is 2.31. The normalized spacial score (nSPS) is 14.9. The van der Waals surface area contributed by atoms with E-state index in [1.54, 1.807) is 12.1 Å². The molecule has 11 heteroatoms. The molecule has 0 aliphatic carbocycles. The van der Waals surface area contributed by atoms with Crippen LogP contribution in [-0.4, -0.2) is 30.4 Å². The van der Waals surface area contributed by atoms with Crippen LogP contribution in [0.25, 0.3) is 16.9 Å². The summed E-state index contributed by atoms with van der Waals surface area (Å²) in [6, 6.07) is 8.95. The van der Waals surface area contributed by atoms with Crippen LogP contribution in [0.5, 0.6) is 0 Å². The maximum Gasteiger partial charge on any atom is 0.416 e. The number of imidazole rings is 1. The van der Waals surface area contributed by atoms with Crippen molar-refractivity contribution in [2.45, 2.75) is 19.9 Å². The first-order valence-corrected chi connectivity index (χ1v) is 11.2. The summed E-state index contributed by atoms with van der Waals surface area (Å²) in [6.45, 7) is -5.30. The number of benzene rings is 2. The van der Waals surface area contributed by atoms with Gasteiger partial charge in [0, 0.05) is 61.2 Å². The first-order valence-electron chi connectivity index (χ1n) is 15.2. The van der Waals surface area contributed by atoms with E-state index in [9.17, 15) is 18.0 Å². The third kappa shape index (κ3) is 5.93. The summed E-state index contributed by atoms with van der Waals surface area (Å²) in [5.74, 6) is -1.17. The molecule has 8 nitrogen and oxygen atoms in total. The number of hydrogen-bond acceptors (Lipinski definition) is 6. The Hall–Kier alpha value is -5.06. The summed E-state index contributed by atoms with van der Waals surface area (Å²) < 4.78 is 105. The van der Waals surface area contributed by atoms with Crippen LogP contribution < -0.4 is 10.6 Å². The fourth-order valence-corrected chi connectivity index (χ4v) is 3.56. The molecule has 2 aromatic carbocycles. The van der Waals surface area contributed by atoms with Crippen LogP contribution in [0, 0.1) is 13.7 Å². The molecule has 5 rings (SSSR count). The van der Waals surface area contributed by atoms with Crippen molar-refractivity contribution in [3.8, 4) is 16.9 Å². The number of carbonyl (C=O) groups excluding carboxylic acids is 1. The van der Waals surface area contributed by atoms with Crippen LogP contribution in [0.15, 0.2) is 85.7 Å². The van der Waals surface area contributed by atoms with Crippen molar-refractivity contribution >= 4 is 23.2 Å². The lowest BCUT2D eigenvalue weighted by Crippen LogP contribution is -2.14. The molecule has 5 aromatic rings. The first-order chi connectivity index (χ1) is 21.9. The minimum Gasteiger partial charge on any atom is -0.324 e. The van der Waals surface area contributed by atoms with Gasteiger partial charge in [-0.15, -0.1) is 0 Å². The third-order valence-electron chi connectivity index (χ3n) is 5.40. The van der Waals surface area contributed by atoms with Crippen molar-refractivity contribution in [2.75, 3.05) is 10.6 Å². The number of pyridine rings is 1. The zero-order valence-corrected chi connectivity index (χ0v) is 19.7. The van der Waals surface area contributed by atoms with Gasteiger partial charge >= 0.3 is 6.18 Å². The van der Waals surface area contributed by atoms with E-state index in [0.29, 0.717) is 11.6 Å². The van der Waals surface area contributed by atoms with Crippen LogP contribution in [0.4, 0.5) is 30.5 Å². The van der Waals surface area contributed by atoms with E-state index >= 15 is 0 Å². The van der Waals surface area contributed by atoms with Crippen LogP contribution in [0.3, 0.4) is 0 Å². The van der Waals surface area contributed by atoms with E-state index in [1.165, 1.54) is 24.5 Å².